The van der Waals surface area contributed by atoms with Gasteiger partial charge in [-0.2, -0.15) is 0 Å². The van der Waals surface area contributed by atoms with E-state index < -0.39 is 0 Å². The van der Waals surface area contributed by atoms with Crippen molar-refractivity contribution >= 4 is 11.6 Å². The molecule has 16 heavy (non-hydrogen) atoms. The molecule has 1 amide bonds. The molecule has 1 aliphatic heterocycles. The summed E-state index contributed by atoms with van der Waals surface area (Å²) >= 11 is 0. The molecule has 0 radical (unpaired) electrons. The fourth-order valence-corrected chi connectivity index (χ4v) is 2.04. The van der Waals surface area contributed by atoms with E-state index in [0.717, 1.165) is 24.9 Å². The monoisotopic (exact) mass is 220 g/mol. The van der Waals surface area contributed by atoms with Gasteiger partial charge in [0.15, 0.2) is 0 Å². The van der Waals surface area contributed by atoms with Gasteiger partial charge >= 0.3 is 0 Å². The molecule has 1 aromatic rings. The topological polar surface area (TPSA) is 55.6 Å². The zero-order valence-electron chi connectivity index (χ0n) is 9.62. The summed E-state index contributed by atoms with van der Waals surface area (Å²) in [4.78, 5) is 13.8. The molecule has 4 heteroatoms. The molecule has 0 saturated heterocycles. The maximum absolute atomic E-state index is 12.0. The lowest BCUT2D eigenvalue weighted by Gasteiger charge is -2.15. The van der Waals surface area contributed by atoms with E-state index in [2.05, 4.69) is 0 Å². The van der Waals surface area contributed by atoms with Gasteiger partial charge in [-0.1, -0.05) is 0 Å². The van der Waals surface area contributed by atoms with Crippen molar-refractivity contribution < 1.29 is 9.53 Å². The average Bonchev–Trinajstić information content (AvgIpc) is 2.39. The van der Waals surface area contributed by atoms with E-state index in [9.17, 15) is 4.79 Å². The highest BCUT2D eigenvalue weighted by molar-refractivity contribution is 5.97. The lowest BCUT2D eigenvalue weighted by atomic mass is 10.0. The van der Waals surface area contributed by atoms with Crippen LogP contribution < -0.4 is 10.5 Å². The van der Waals surface area contributed by atoms with Crippen molar-refractivity contribution in [1.29, 1.82) is 0 Å². The summed E-state index contributed by atoms with van der Waals surface area (Å²) in [5, 5.41) is 0. The van der Waals surface area contributed by atoms with E-state index in [1.165, 1.54) is 0 Å². The molecule has 1 aliphatic rings. The molecular formula is C12H16N2O2. The van der Waals surface area contributed by atoms with Crippen molar-refractivity contribution in [2.24, 2.45) is 0 Å². The van der Waals surface area contributed by atoms with Gasteiger partial charge < -0.3 is 15.4 Å². The zero-order valence-corrected chi connectivity index (χ0v) is 9.62. The van der Waals surface area contributed by atoms with Crippen LogP contribution in [0.15, 0.2) is 12.1 Å². The number of amides is 1. The number of rotatable bonds is 1. The minimum absolute atomic E-state index is 0.0470. The Morgan fingerprint density at radius 1 is 1.44 bits per heavy atom. The number of nitrogen functional groups attached to an aromatic ring is 1. The smallest absolute Gasteiger partial charge is 0.254 e. The number of ether oxygens (including phenoxy) is 1. The van der Waals surface area contributed by atoms with Crippen LogP contribution in [-0.2, 0) is 6.42 Å². The van der Waals surface area contributed by atoms with Crippen molar-refractivity contribution in [3.8, 4) is 5.75 Å². The van der Waals surface area contributed by atoms with Gasteiger partial charge in [-0.15, -0.1) is 0 Å². The van der Waals surface area contributed by atoms with Crippen LogP contribution in [0.1, 0.15) is 22.3 Å². The van der Waals surface area contributed by atoms with E-state index in [-0.39, 0.29) is 5.91 Å². The Labute approximate surface area is 95.0 Å². The number of aryl methyl sites for hydroxylation is 1. The molecule has 2 rings (SSSR count). The van der Waals surface area contributed by atoms with E-state index in [1.807, 2.05) is 13.1 Å². The molecule has 2 N–H and O–H groups in total. The Balaban J connectivity index is 2.53. The Morgan fingerprint density at radius 2 is 2.19 bits per heavy atom. The van der Waals surface area contributed by atoms with Gasteiger partial charge in [0.2, 0.25) is 0 Å². The van der Waals surface area contributed by atoms with E-state index in [1.54, 1.807) is 18.1 Å². The first-order valence-electron chi connectivity index (χ1n) is 5.35. The van der Waals surface area contributed by atoms with Gasteiger partial charge in [0.05, 0.1) is 12.8 Å². The Morgan fingerprint density at radius 3 is 2.88 bits per heavy atom. The second kappa shape index (κ2) is 4.04. The molecular weight excluding hydrogens is 204 g/mol. The summed E-state index contributed by atoms with van der Waals surface area (Å²) in [5.74, 6) is 0.619. The molecule has 86 valence electrons. The van der Waals surface area contributed by atoms with Crippen LogP contribution in [0.2, 0.25) is 0 Å². The largest absolute Gasteiger partial charge is 0.495 e. The van der Waals surface area contributed by atoms with Gasteiger partial charge in [0, 0.05) is 19.2 Å². The molecule has 0 aromatic heterocycles. The lowest BCUT2D eigenvalue weighted by molar-refractivity contribution is 0.0800. The standard InChI is InChI=1S/C12H16N2O2/c1-14-5-3-4-8-6-10(13)11(16-2)7-9(8)12(14)15/h6-7H,3-5,13H2,1-2H3. The lowest BCUT2D eigenvalue weighted by Crippen LogP contribution is -2.26. The molecule has 0 saturated carbocycles. The van der Waals surface area contributed by atoms with Crippen LogP contribution in [0.4, 0.5) is 5.69 Å². The predicted octanol–water partition coefficient (Wildman–Crippen LogP) is 1.30. The predicted molar refractivity (Wildman–Crippen MR) is 62.7 cm³/mol. The van der Waals surface area contributed by atoms with Gasteiger partial charge in [0.25, 0.3) is 5.91 Å². The first-order chi connectivity index (χ1) is 7.63. The molecule has 0 fully saturated rings. The second-order valence-electron chi connectivity index (χ2n) is 4.08. The molecule has 0 spiro atoms. The highest BCUT2D eigenvalue weighted by atomic mass is 16.5. The van der Waals surface area contributed by atoms with E-state index in [0.29, 0.717) is 17.0 Å². The highest BCUT2D eigenvalue weighted by Crippen LogP contribution is 2.28. The number of nitrogens with zero attached hydrogens (tertiary/aromatic N) is 1. The third-order valence-corrected chi connectivity index (χ3v) is 2.97. The fourth-order valence-electron chi connectivity index (χ4n) is 2.04. The average molecular weight is 220 g/mol. The van der Waals surface area contributed by atoms with Crippen LogP contribution in [0, 0.1) is 0 Å². The number of anilines is 1. The third kappa shape index (κ3) is 1.71. The van der Waals surface area contributed by atoms with Gasteiger partial charge in [0.1, 0.15) is 5.75 Å². The number of hydrogen-bond donors (Lipinski definition) is 1. The first kappa shape index (κ1) is 10.8. The van der Waals surface area contributed by atoms with E-state index in [4.69, 9.17) is 10.5 Å². The number of carbonyl (C=O) groups is 1. The molecule has 4 nitrogen and oxygen atoms in total. The number of hydrogen-bond acceptors (Lipinski definition) is 3. The normalized spacial score (nSPS) is 15.6. The van der Waals surface area contributed by atoms with Crippen molar-refractivity contribution in [3.63, 3.8) is 0 Å². The van der Waals surface area contributed by atoms with Crippen LogP contribution in [0.5, 0.6) is 5.75 Å². The minimum atomic E-state index is 0.0470. The van der Waals surface area contributed by atoms with Gasteiger partial charge in [-0.05, 0) is 30.5 Å². The highest BCUT2D eigenvalue weighted by Gasteiger charge is 2.21. The van der Waals surface area contributed by atoms with Crippen molar-refractivity contribution in [2.45, 2.75) is 12.8 Å². The van der Waals surface area contributed by atoms with Crippen molar-refractivity contribution in [2.75, 3.05) is 26.4 Å². The quantitative estimate of drug-likeness (QED) is 0.726. The van der Waals surface area contributed by atoms with Crippen LogP contribution in [0.3, 0.4) is 0 Å². The van der Waals surface area contributed by atoms with Crippen molar-refractivity contribution in [3.05, 3.63) is 23.3 Å². The maximum atomic E-state index is 12.0. The Hall–Kier alpha value is -1.71. The summed E-state index contributed by atoms with van der Waals surface area (Å²) < 4.78 is 5.14. The zero-order chi connectivity index (χ0) is 11.7. The fraction of sp³-hybridized carbons (Fsp3) is 0.417. The molecule has 1 aromatic carbocycles. The number of methoxy groups -OCH3 is 1. The third-order valence-electron chi connectivity index (χ3n) is 2.97. The van der Waals surface area contributed by atoms with Crippen LogP contribution in [-0.4, -0.2) is 31.5 Å². The SMILES string of the molecule is COc1cc2c(cc1N)CCCN(C)C2=O. The number of nitrogens with two attached hydrogens (primary N) is 1. The minimum Gasteiger partial charge on any atom is -0.495 e. The van der Waals surface area contributed by atoms with Gasteiger partial charge in [-0.25, -0.2) is 0 Å². The van der Waals surface area contributed by atoms with Gasteiger partial charge in [-0.3, -0.25) is 4.79 Å². The molecule has 0 atom stereocenters. The molecule has 0 bridgehead atoms. The Bertz CT molecular complexity index is 429. The van der Waals surface area contributed by atoms with E-state index >= 15 is 0 Å². The first-order valence-corrected chi connectivity index (χ1v) is 5.35. The Kier molecular flexibility index (Phi) is 2.73. The van der Waals surface area contributed by atoms with Crippen LogP contribution in [0.25, 0.3) is 0 Å². The molecule has 1 heterocycles. The summed E-state index contributed by atoms with van der Waals surface area (Å²) in [6.45, 7) is 0.787. The summed E-state index contributed by atoms with van der Waals surface area (Å²) in [6, 6.07) is 3.60. The summed E-state index contributed by atoms with van der Waals surface area (Å²) in [5.41, 5.74) is 8.17. The van der Waals surface area contributed by atoms with Crippen LogP contribution >= 0.6 is 0 Å². The molecule has 0 aliphatic carbocycles. The summed E-state index contributed by atoms with van der Waals surface area (Å²) in [7, 11) is 3.38. The second-order valence-corrected chi connectivity index (χ2v) is 4.08. The molecule has 0 unspecified atom stereocenters. The number of benzene rings is 1. The number of fused-ring (bicyclic) bond motifs is 1. The maximum Gasteiger partial charge on any atom is 0.254 e. The number of carbonyl (C=O) groups excluding carboxylic acids is 1. The summed E-state index contributed by atoms with van der Waals surface area (Å²) in [6.07, 6.45) is 1.86. The van der Waals surface area contributed by atoms with Crippen molar-refractivity contribution in [1.82, 2.24) is 4.90 Å².